The summed E-state index contributed by atoms with van der Waals surface area (Å²) in [6, 6.07) is 5.45. The smallest absolute Gasteiger partial charge is 0.321 e. The molecule has 0 bridgehead atoms. The highest BCUT2D eigenvalue weighted by Crippen LogP contribution is 2.32. The Kier molecular flexibility index (Phi) is 4.35. The van der Waals surface area contributed by atoms with E-state index < -0.39 is 0 Å². The molecule has 0 aliphatic heterocycles. The zero-order valence-electron chi connectivity index (χ0n) is 13.9. The summed E-state index contributed by atoms with van der Waals surface area (Å²) in [5, 5.41) is 6.90. The van der Waals surface area contributed by atoms with Crippen LogP contribution in [0, 0.1) is 0 Å². The summed E-state index contributed by atoms with van der Waals surface area (Å²) in [6.07, 6.45) is 4.65. The number of hydrogen-bond donors (Lipinski definition) is 1. The van der Waals surface area contributed by atoms with Crippen LogP contribution in [0.5, 0.6) is 0 Å². The molecule has 1 aliphatic carbocycles. The molecule has 0 atom stereocenters. The van der Waals surface area contributed by atoms with Gasteiger partial charge >= 0.3 is 6.03 Å². The Labute approximate surface area is 149 Å². The topological polar surface area (TPSA) is 84.2 Å². The van der Waals surface area contributed by atoms with Crippen LogP contribution in [0.25, 0.3) is 10.2 Å². The third kappa shape index (κ3) is 3.48. The summed E-state index contributed by atoms with van der Waals surface area (Å²) in [6.45, 7) is 0.310. The Morgan fingerprint density at radius 2 is 2.24 bits per heavy atom. The van der Waals surface area contributed by atoms with E-state index in [2.05, 4.69) is 20.4 Å². The van der Waals surface area contributed by atoms with Crippen molar-refractivity contribution in [1.29, 1.82) is 0 Å². The Hall–Kier alpha value is -2.48. The molecule has 0 saturated heterocycles. The maximum atomic E-state index is 12.4. The molecule has 0 unspecified atom stereocenters. The van der Waals surface area contributed by atoms with E-state index in [1.165, 1.54) is 12.8 Å². The van der Waals surface area contributed by atoms with Crippen LogP contribution < -0.4 is 5.32 Å². The Balaban J connectivity index is 1.38. The molecule has 4 rings (SSSR count). The van der Waals surface area contributed by atoms with Crippen LogP contribution >= 0.6 is 11.3 Å². The number of rotatable bonds is 4. The summed E-state index contributed by atoms with van der Waals surface area (Å²) < 4.78 is 6.40. The molecule has 0 spiro atoms. The second-order valence-corrected chi connectivity index (χ2v) is 7.24. The number of carbonyl (C=O) groups is 1. The predicted octanol–water partition coefficient (Wildman–Crippen LogP) is 4.00. The number of anilines is 1. The fraction of sp³-hybridized carbons (Fsp3) is 0.412. The number of nitrogens with zero attached hydrogens (tertiary/aromatic N) is 4. The molecule has 130 valence electrons. The minimum atomic E-state index is -0.212. The van der Waals surface area contributed by atoms with Gasteiger partial charge in [0, 0.05) is 18.7 Å². The lowest BCUT2D eigenvalue weighted by Crippen LogP contribution is -2.31. The van der Waals surface area contributed by atoms with Gasteiger partial charge in [-0.25, -0.2) is 9.78 Å². The number of fused-ring (bicyclic) bond motifs is 1. The van der Waals surface area contributed by atoms with E-state index in [0.29, 0.717) is 24.2 Å². The lowest BCUT2D eigenvalue weighted by Gasteiger charge is -2.16. The monoisotopic (exact) mass is 357 g/mol. The van der Waals surface area contributed by atoms with Gasteiger partial charge in [0.05, 0.1) is 22.3 Å². The molecule has 2 aromatic heterocycles. The Morgan fingerprint density at radius 3 is 3.08 bits per heavy atom. The first kappa shape index (κ1) is 16.0. The molecule has 1 aromatic carbocycles. The third-order valence-electron chi connectivity index (χ3n) is 4.50. The van der Waals surface area contributed by atoms with Gasteiger partial charge in [-0.05, 0) is 31.0 Å². The Morgan fingerprint density at radius 1 is 1.40 bits per heavy atom. The standard InChI is InChI=1S/C17H19N5O2S/c1-22(9-15-20-16(24-21-15)11-4-2-3-5-11)17(23)19-12-6-7-13-14(8-12)25-10-18-13/h6-8,10-11H,2-5,9H2,1H3,(H,19,23). The van der Waals surface area contributed by atoms with Crippen LogP contribution in [0.4, 0.5) is 10.5 Å². The number of urea groups is 1. The molecule has 1 N–H and O–H groups in total. The van der Waals surface area contributed by atoms with Gasteiger partial charge < -0.3 is 14.7 Å². The quantitative estimate of drug-likeness (QED) is 0.763. The van der Waals surface area contributed by atoms with Crippen molar-refractivity contribution in [2.24, 2.45) is 0 Å². The fourth-order valence-electron chi connectivity index (χ4n) is 3.11. The molecule has 2 amide bonds. The second-order valence-electron chi connectivity index (χ2n) is 6.35. The van der Waals surface area contributed by atoms with Gasteiger partial charge in [-0.1, -0.05) is 18.0 Å². The van der Waals surface area contributed by atoms with E-state index in [1.54, 1.807) is 28.8 Å². The van der Waals surface area contributed by atoms with Crippen LogP contribution in [-0.2, 0) is 6.54 Å². The number of nitrogens with one attached hydrogen (secondary N) is 1. The van der Waals surface area contributed by atoms with Crippen molar-refractivity contribution in [2.45, 2.75) is 38.1 Å². The number of carbonyl (C=O) groups excluding carboxylic acids is 1. The summed E-state index contributed by atoms with van der Waals surface area (Å²) in [7, 11) is 1.71. The zero-order valence-corrected chi connectivity index (χ0v) is 14.8. The van der Waals surface area contributed by atoms with Crippen molar-refractivity contribution < 1.29 is 9.32 Å². The van der Waals surface area contributed by atoms with E-state index >= 15 is 0 Å². The Bertz CT molecular complexity index is 884. The van der Waals surface area contributed by atoms with Crippen LogP contribution in [0.2, 0.25) is 0 Å². The van der Waals surface area contributed by atoms with Gasteiger partial charge in [0.2, 0.25) is 5.89 Å². The van der Waals surface area contributed by atoms with E-state index in [0.717, 1.165) is 28.7 Å². The number of aromatic nitrogens is 3. The number of benzene rings is 1. The summed E-state index contributed by atoms with van der Waals surface area (Å²) >= 11 is 1.55. The van der Waals surface area contributed by atoms with Gasteiger partial charge in [0.15, 0.2) is 5.82 Å². The van der Waals surface area contributed by atoms with E-state index in [1.807, 2.05) is 18.2 Å². The molecule has 1 saturated carbocycles. The lowest BCUT2D eigenvalue weighted by atomic mass is 10.1. The van der Waals surface area contributed by atoms with Crippen molar-refractivity contribution in [3.63, 3.8) is 0 Å². The van der Waals surface area contributed by atoms with Crippen LogP contribution in [0.1, 0.15) is 43.3 Å². The highest BCUT2D eigenvalue weighted by Gasteiger charge is 2.23. The maximum absolute atomic E-state index is 12.4. The largest absolute Gasteiger partial charge is 0.339 e. The predicted molar refractivity (Wildman–Crippen MR) is 95.6 cm³/mol. The van der Waals surface area contributed by atoms with Gasteiger partial charge in [0.1, 0.15) is 0 Å². The molecule has 2 heterocycles. The first-order valence-electron chi connectivity index (χ1n) is 8.37. The van der Waals surface area contributed by atoms with Gasteiger partial charge in [-0.2, -0.15) is 4.98 Å². The molecule has 7 nitrogen and oxygen atoms in total. The van der Waals surface area contributed by atoms with Crippen LogP contribution in [-0.4, -0.2) is 33.1 Å². The average molecular weight is 357 g/mol. The molecule has 3 aromatic rings. The SMILES string of the molecule is CN(Cc1noc(C2CCCC2)n1)C(=O)Nc1ccc2ncsc2c1. The van der Waals surface area contributed by atoms with Gasteiger partial charge in [-0.15, -0.1) is 11.3 Å². The molecule has 0 radical (unpaired) electrons. The van der Waals surface area contributed by atoms with E-state index in [4.69, 9.17) is 4.52 Å². The van der Waals surface area contributed by atoms with Crippen molar-refractivity contribution in [3.05, 3.63) is 35.4 Å². The summed E-state index contributed by atoms with van der Waals surface area (Å²) in [5.41, 5.74) is 3.47. The molecule has 25 heavy (non-hydrogen) atoms. The van der Waals surface area contributed by atoms with Crippen molar-refractivity contribution >= 4 is 33.3 Å². The van der Waals surface area contributed by atoms with Gasteiger partial charge in [0.25, 0.3) is 0 Å². The number of amides is 2. The molecular weight excluding hydrogens is 338 g/mol. The molecular formula is C17H19N5O2S. The lowest BCUT2D eigenvalue weighted by molar-refractivity contribution is 0.219. The van der Waals surface area contributed by atoms with Crippen molar-refractivity contribution in [2.75, 3.05) is 12.4 Å². The molecule has 1 fully saturated rings. The summed E-state index contributed by atoms with van der Waals surface area (Å²) in [5.74, 6) is 1.63. The highest BCUT2D eigenvalue weighted by molar-refractivity contribution is 7.16. The minimum absolute atomic E-state index is 0.212. The maximum Gasteiger partial charge on any atom is 0.321 e. The minimum Gasteiger partial charge on any atom is -0.339 e. The third-order valence-corrected chi connectivity index (χ3v) is 5.29. The first-order valence-corrected chi connectivity index (χ1v) is 9.25. The number of thiazole rings is 1. The normalized spacial score (nSPS) is 14.9. The van der Waals surface area contributed by atoms with E-state index in [9.17, 15) is 4.79 Å². The van der Waals surface area contributed by atoms with E-state index in [-0.39, 0.29) is 6.03 Å². The first-order chi connectivity index (χ1) is 12.2. The van der Waals surface area contributed by atoms with Gasteiger partial charge in [-0.3, -0.25) is 0 Å². The van der Waals surface area contributed by atoms with Crippen molar-refractivity contribution in [3.8, 4) is 0 Å². The van der Waals surface area contributed by atoms with Crippen LogP contribution in [0.15, 0.2) is 28.2 Å². The molecule has 8 heteroatoms. The highest BCUT2D eigenvalue weighted by atomic mass is 32.1. The average Bonchev–Trinajstić information content (AvgIpc) is 3.35. The molecule has 1 aliphatic rings. The second kappa shape index (κ2) is 6.79. The zero-order chi connectivity index (χ0) is 17.2. The van der Waals surface area contributed by atoms with Crippen molar-refractivity contribution in [1.82, 2.24) is 20.0 Å². The van der Waals surface area contributed by atoms with Crippen LogP contribution in [0.3, 0.4) is 0 Å². The summed E-state index contributed by atoms with van der Waals surface area (Å²) in [4.78, 5) is 22.6. The fourth-order valence-corrected chi connectivity index (χ4v) is 3.82. The number of hydrogen-bond acceptors (Lipinski definition) is 6.